The monoisotopic (exact) mass is 473 g/mol. The van der Waals surface area contributed by atoms with Crippen molar-refractivity contribution >= 4 is 45.0 Å². The third-order valence-corrected chi connectivity index (χ3v) is 7.87. The van der Waals surface area contributed by atoms with E-state index in [1.165, 1.54) is 27.1 Å². The van der Waals surface area contributed by atoms with Crippen LogP contribution in [0.3, 0.4) is 0 Å². The molecule has 1 fully saturated rings. The van der Waals surface area contributed by atoms with Crippen LogP contribution in [0.15, 0.2) is 33.0 Å². The second-order valence-electron chi connectivity index (χ2n) is 6.91. The smallest absolute Gasteiger partial charge is 0.324 e. The van der Waals surface area contributed by atoms with Gasteiger partial charge in [-0.15, -0.1) is 5.10 Å². The molecule has 0 saturated carbocycles. The number of carbonyl (C=O) groups is 1. The lowest BCUT2D eigenvalue weighted by Crippen LogP contribution is -2.35. The molecular formula is C18H24ClN5O4S2. The minimum atomic E-state index is -3.64. The maximum absolute atomic E-state index is 12.9. The van der Waals surface area contributed by atoms with E-state index in [9.17, 15) is 18.0 Å². The Balaban J connectivity index is 1.70. The number of rotatable bonds is 8. The van der Waals surface area contributed by atoms with E-state index in [1.807, 2.05) is 6.92 Å². The third-order valence-electron chi connectivity index (χ3n) is 4.67. The third kappa shape index (κ3) is 5.26. The lowest BCUT2D eigenvalue weighted by Gasteiger charge is -2.26. The maximum Gasteiger partial charge on any atom is 0.343 e. The summed E-state index contributed by atoms with van der Waals surface area (Å²) in [6.07, 6.45) is 3.45. The lowest BCUT2D eigenvalue weighted by atomic mass is 10.2. The molecule has 0 aliphatic carbocycles. The number of anilines is 1. The van der Waals surface area contributed by atoms with Gasteiger partial charge in [-0.05, 0) is 37.5 Å². The molecule has 9 nitrogen and oxygen atoms in total. The predicted octanol–water partition coefficient (Wildman–Crippen LogP) is 2.54. The van der Waals surface area contributed by atoms with Crippen molar-refractivity contribution < 1.29 is 13.2 Å². The molecule has 0 unspecified atom stereocenters. The molecule has 30 heavy (non-hydrogen) atoms. The molecule has 2 aromatic rings. The standard InChI is InChI=1S/C18H24ClN5O4S2/c1-2-8-24-17(26)21-22-18(24)29-12-16(25)20-15-11-13(6-7-14(15)19)30(27,28)23-9-4-3-5-10-23/h6-7,11H,2-5,8-10,12H2,1H3,(H,20,25)(H,21,26). The van der Waals surface area contributed by atoms with Gasteiger partial charge in [-0.3, -0.25) is 9.36 Å². The van der Waals surface area contributed by atoms with Gasteiger partial charge in [0, 0.05) is 19.6 Å². The summed E-state index contributed by atoms with van der Waals surface area (Å²) in [7, 11) is -3.64. The summed E-state index contributed by atoms with van der Waals surface area (Å²) in [5.74, 6) is -0.388. The summed E-state index contributed by atoms with van der Waals surface area (Å²) in [5.41, 5.74) is -0.0910. The van der Waals surface area contributed by atoms with Gasteiger partial charge in [0.25, 0.3) is 0 Å². The van der Waals surface area contributed by atoms with Gasteiger partial charge in [-0.2, -0.15) is 4.31 Å². The molecule has 164 valence electrons. The minimum absolute atomic E-state index is 0.00651. The lowest BCUT2D eigenvalue weighted by molar-refractivity contribution is -0.113. The van der Waals surface area contributed by atoms with Gasteiger partial charge in [0.1, 0.15) is 0 Å². The fourth-order valence-electron chi connectivity index (χ4n) is 3.17. The van der Waals surface area contributed by atoms with Crippen molar-refractivity contribution in [3.63, 3.8) is 0 Å². The molecule has 1 saturated heterocycles. The molecule has 1 aromatic carbocycles. The number of nitrogens with one attached hydrogen (secondary N) is 2. The highest BCUT2D eigenvalue weighted by Crippen LogP contribution is 2.28. The number of benzene rings is 1. The summed E-state index contributed by atoms with van der Waals surface area (Å²) in [6, 6.07) is 4.30. The van der Waals surface area contributed by atoms with Crippen molar-refractivity contribution in [1.82, 2.24) is 19.1 Å². The van der Waals surface area contributed by atoms with Crippen LogP contribution < -0.4 is 11.0 Å². The fraction of sp³-hybridized carbons (Fsp3) is 0.500. The highest BCUT2D eigenvalue weighted by atomic mass is 35.5. The van der Waals surface area contributed by atoms with Crippen LogP contribution in [0.1, 0.15) is 32.6 Å². The van der Waals surface area contributed by atoms with Crippen molar-refractivity contribution in [2.45, 2.75) is 49.2 Å². The van der Waals surface area contributed by atoms with Gasteiger partial charge in [0.15, 0.2) is 5.16 Å². The maximum atomic E-state index is 12.9. The van der Waals surface area contributed by atoms with E-state index in [0.29, 0.717) is 24.8 Å². The topological polar surface area (TPSA) is 117 Å². The van der Waals surface area contributed by atoms with Crippen LogP contribution in [-0.2, 0) is 21.4 Å². The Morgan fingerprint density at radius 2 is 2.03 bits per heavy atom. The first-order valence-electron chi connectivity index (χ1n) is 9.70. The molecular weight excluding hydrogens is 450 g/mol. The molecule has 1 aliphatic heterocycles. The van der Waals surface area contributed by atoms with Gasteiger partial charge in [-0.1, -0.05) is 36.7 Å². The van der Waals surface area contributed by atoms with Crippen molar-refractivity contribution in [2.75, 3.05) is 24.2 Å². The Labute approximate surface area is 184 Å². The Bertz CT molecular complexity index is 1060. The largest absolute Gasteiger partial charge is 0.343 e. The van der Waals surface area contributed by atoms with E-state index in [4.69, 9.17) is 11.6 Å². The van der Waals surface area contributed by atoms with Gasteiger partial charge in [0.2, 0.25) is 15.9 Å². The van der Waals surface area contributed by atoms with Crippen molar-refractivity contribution in [1.29, 1.82) is 0 Å². The van der Waals surface area contributed by atoms with Crippen LogP contribution in [-0.4, -0.2) is 52.2 Å². The summed E-state index contributed by atoms with van der Waals surface area (Å²) in [5, 5.41) is 9.62. The first kappa shape index (κ1) is 22.9. The Morgan fingerprint density at radius 3 is 2.73 bits per heavy atom. The van der Waals surface area contributed by atoms with Crippen LogP contribution >= 0.6 is 23.4 Å². The molecule has 1 aromatic heterocycles. The van der Waals surface area contributed by atoms with Crippen LogP contribution in [0.4, 0.5) is 5.69 Å². The van der Waals surface area contributed by atoms with Crippen LogP contribution in [0.2, 0.25) is 5.02 Å². The van der Waals surface area contributed by atoms with E-state index < -0.39 is 10.0 Å². The van der Waals surface area contributed by atoms with Crippen molar-refractivity contribution in [2.24, 2.45) is 0 Å². The van der Waals surface area contributed by atoms with Crippen LogP contribution in [0, 0.1) is 0 Å². The number of aromatic nitrogens is 3. The van der Waals surface area contributed by atoms with Crippen LogP contribution in [0.25, 0.3) is 0 Å². The van der Waals surface area contributed by atoms with E-state index in [0.717, 1.165) is 37.4 Å². The number of halogens is 1. The molecule has 12 heteroatoms. The highest BCUT2D eigenvalue weighted by Gasteiger charge is 2.26. The summed E-state index contributed by atoms with van der Waals surface area (Å²) in [6.45, 7) is 3.42. The van der Waals surface area contributed by atoms with E-state index >= 15 is 0 Å². The molecule has 0 atom stereocenters. The molecule has 3 rings (SSSR count). The number of H-pyrrole nitrogens is 1. The Morgan fingerprint density at radius 1 is 1.30 bits per heavy atom. The summed E-state index contributed by atoms with van der Waals surface area (Å²) in [4.78, 5) is 24.2. The zero-order valence-corrected chi connectivity index (χ0v) is 18.9. The van der Waals surface area contributed by atoms with Crippen LogP contribution in [0.5, 0.6) is 0 Å². The number of hydrogen-bond donors (Lipinski definition) is 2. The van der Waals surface area contributed by atoms with Gasteiger partial charge >= 0.3 is 5.69 Å². The average molecular weight is 474 g/mol. The van der Waals surface area contributed by atoms with E-state index in [1.54, 1.807) is 0 Å². The van der Waals surface area contributed by atoms with E-state index in [-0.39, 0.29) is 33.0 Å². The summed E-state index contributed by atoms with van der Waals surface area (Å²) >= 11 is 7.28. The van der Waals surface area contributed by atoms with Crippen molar-refractivity contribution in [3.8, 4) is 0 Å². The zero-order valence-electron chi connectivity index (χ0n) is 16.6. The summed E-state index contributed by atoms with van der Waals surface area (Å²) < 4.78 is 28.7. The number of sulfonamides is 1. The number of thioether (sulfide) groups is 1. The number of aromatic amines is 1. The molecule has 1 aliphatic rings. The first-order chi connectivity index (χ1) is 14.3. The highest BCUT2D eigenvalue weighted by molar-refractivity contribution is 7.99. The van der Waals surface area contributed by atoms with Gasteiger partial charge in [0.05, 0.1) is 21.4 Å². The number of amides is 1. The SMILES string of the molecule is CCCn1c(SCC(=O)Nc2cc(S(=O)(=O)N3CCCCC3)ccc2Cl)n[nH]c1=O. The predicted molar refractivity (Wildman–Crippen MR) is 117 cm³/mol. The normalized spacial score (nSPS) is 15.3. The molecule has 0 radical (unpaired) electrons. The minimum Gasteiger partial charge on any atom is -0.324 e. The molecule has 1 amide bonds. The second kappa shape index (κ2) is 9.99. The van der Waals surface area contributed by atoms with Crippen molar-refractivity contribution in [3.05, 3.63) is 33.7 Å². The first-order valence-corrected chi connectivity index (χ1v) is 12.5. The fourth-order valence-corrected chi connectivity index (χ4v) is 5.65. The second-order valence-corrected chi connectivity index (χ2v) is 10.2. The molecule has 0 spiro atoms. The molecule has 2 N–H and O–H groups in total. The Kier molecular flexibility index (Phi) is 7.61. The Hall–Kier alpha value is -1.82. The number of nitrogens with zero attached hydrogens (tertiary/aromatic N) is 3. The number of hydrogen-bond acceptors (Lipinski definition) is 6. The van der Waals surface area contributed by atoms with Gasteiger partial charge < -0.3 is 5.32 Å². The number of piperidine rings is 1. The molecule has 0 bridgehead atoms. The zero-order chi connectivity index (χ0) is 21.7. The number of carbonyl (C=O) groups excluding carboxylic acids is 1. The molecule has 2 heterocycles. The average Bonchev–Trinajstić information content (AvgIpc) is 3.08. The quantitative estimate of drug-likeness (QED) is 0.569. The van der Waals surface area contributed by atoms with Gasteiger partial charge in [-0.25, -0.2) is 18.3 Å². The van der Waals surface area contributed by atoms with E-state index in [2.05, 4.69) is 15.5 Å².